The third kappa shape index (κ3) is 1.21. The first-order valence-electron chi connectivity index (χ1n) is 4.49. The second kappa shape index (κ2) is 2.97. The van der Waals surface area contributed by atoms with Crippen LogP contribution in [0.1, 0.15) is 27.7 Å². The Labute approximate surface area is 84.4 Å². The summed E-state index contributed by atoms with van der Waals surface area (Å²) in [5, 5.41) is 12.6. The molecule has 1 heterocycles. The van der Waals surface area contributed by atoms with Gasteiger partial charge < -0.3 is 4.90 Å². The van der Waals surface area contributed by atoms with Crippen molar-refractivity contribution in [2.24, 2.45) is 0 Å². The number of rotatable bonds is 1. The summed E-state index contributed by atoms with van der Waals surface area (Å²) in [5.41, 5.74) is -1.87. The zero-order valence-electron chi connectivity index (χ0n) is 9.00. The number of amides is 1. The van der Waals surface area contributed by atoms with E-state index in [1.54, 1.807) is 27.7 Å². The molecule has 0 saturated carbocycles. The molecule has 1 aliphatic rings. The molecule has 0 aromatic carbocycles. The van der Waals surface area contributed by atoms with Crippen LogP contribution in [0.3, 0.4) is 0 Å². The van der Waals surface area contributed by atoms with Crippen molar-refractivity contribution in [2.45, 2.75) is 38.9 Å². The van der Waals surface area contributed by atoms with Crippen LogP contribution in [0.2, 0.25) is 0 Å². The summed E-state index contributed by atoms with van der Waals surface area (Å²) in [5.74, 6) is 2.18. The van der Waals surface area contributed by atoms with Crippen molar-refractivity contribution in [3.8, 4) is 12.3 Å². The average Bonchev–Trinajstić information content (AvgIpc) is 2.19. The summed E-state index contributed by atoms with van der Waals surface area (Å²) in [6, 6.07) is 0. The number of hydrogen-bond acceptors (Lipinski definition) is 2. The molecule has 14 heavy (non-hydrogen) atoms. The van der Waals surface area contributed by atoms with Crippen molar-refractivity contribution in [3.05, 3.63) is 0 Å². The van der Waals surface area contributed by atoms with Crippen LogP contribution in [0.4, 0.5) is 0 Å². The molecule has 4 nitrogen and oxygen atoms in total. The van der Waals surface area contributed by atoms with E-state index in [1.165, 1.54) is 4.90 Å². The first kappa shape index (κ1) is 11.0. The van der Waals surface area contributed by atoms with Gasteiger partial charge in [-0.15, -0.1) is 16.7 Å². The number of carbonyl (C=O) groups excluding carboxylic acids is 1. The van der Waals surface area contributed by atoms with Crippen molar-refractivity contribution in [1.29, 1.82) is 0 Å². The molecule has 1 saturated heterocycles. The maximum Gasteiger partial charge on any atom is 0.247 e. The minimum absolute atomic E-state index is 0.175. The lowest BCUT2D eigenvalue weighted by molar-refractivity contribution is -0.257. The van der Waals surface area contributed by atoms with Crippen LogP contribution in [0.5, 0.6) is 0 Å². The summed E-state index contributed by atoms with van der Waals surface area (Å²) < 4.78 is 0. The van der Waals surface area contributed by atoms with E-state index in [9.17, 15) is 10.0 Å². The molecule has 0 atom stereocenters. The summed E-state index contributed by atoms with van der Waals surface area (Å²) >= 11 is 0. The van der Waals surface area contributed by atoms with E-state index in [0.29, 0.717) is 0 Å². The SMILES string of the molecule is C#CCN1C(=O)C(C)(C)N([O])C1(C)C. The minimum atomic E-state index is -1.01. The van der Waals surface area contributed by atoms with Gasteiger partial charge in [-0.25, -0.2) is 0 Å². The topological polar surface area (TPSA) is 43.5 Å². The third-order valence-electron chi connectivity index (χ3n) is 2.68. The van der Waals surface area contributed by atoms with Gasteiger partial charge in [-0.1, -0.05) is 5.92 Å². The van der Waals surface area contributed by atoms with E-state index in [-0.39, 0.29) is 12.5 Å². The van der Waals surface area contributed by atoms with Crippen LogP contribution in [-0.2, 0) is 10.0 Å². The highest BCUT2D eigenvalue weighted by atomic mass is 16.5. The average molecular weight is 195 g/mol. The highest BCUT2D eigenvalue weighted by Gasteiger charge is 2.57. The van der Waals surface area contributed by atoms with Crippen LogP contribution < -0.4 is 0 Å². The van der Waals surface area contributed by atoms with Gasteiger partial charge >= 0.3 is 0 Å². The molecule has 0 aromatic rings. The standard InChI is InChI=1S/C10H15N2O2/c1-6-7-11-8(13)9(2,3)12(14)10(11,4)5/h1H,7H2,2-5H3. The van der Waals surface area contributed by atoms with Gasteiger partial charge in [0.2, 0.25) is 5.91 Å². The van der Waals surface area contributed by atoms with Gasteiger partial charge in [-0.3, -0.25) is 4.79 Å². The zero-order valence-corrected chi connectivity index (χ0v) is 9.00. The van der Waals surface area contributed by atoms with Crippen molar-refractivity contribution in [2.75, 3.05) is 6.54 Å². The third-order valence-corrected chi connectivity index (χ3v) is 2.68. The first-order chi connectivity index (χ1) is 6.26. The molecule has 0 spiro atoms. The van der Waals surface area contributed by atoms with Crippen LogP contribution in [0, 0.1) is 12.3 Å². The molecule has 1 rings (SSSR count). The lowest BCUT2D eigenvalue weighted by Crippen LogP contribution is -2.49. The maximum atomic E-state index is 11.8. The summed E-state index contributed by atoms with van der Waals surface area (Å²) in [6.45, 7) is 6.79. The molecule has 0 N–H and O–H groups in total. The van der Waals surface area contributed by atoms with Crippen LogP contribution in [0.25, 0.3) is 0 Å². The largest absolute Gasteiger partial charge is 0.310 e. The van der Waals surface area contributed by atoms with Gasteiger partial charge in [0.1, 0.15) is 11.2 Å². The van der Waals surface area contributed by atoms with Gasteiger partial charge in [0.05, 0.1) is 6.54 Å². The highest BCUT2D eigenvalue weighted by Crippen LogP contribution is 2.36. The summed E-state index contributed by atoms with van der Waals surface area (Å²) in [4.78, 5) is 13.3. The van der Waals surface area contributed by atoms with Gasteiger partial charge in [0.25, 0.3) is 0 Å². The predicted octanol–water partition coefficient (Wildman–Crippen LogP) is 0.624. The van der Waals surface area contributed by atoms with E-state index in [1.807, 2.05) is 0 Å². The normalized spacial score (nSPS) is 25.1. The van der Waals surface area contributed by atoms with Crippen LogP contribution in [-0.4, -0.2) is 33.6 Å². The van der Waals surface area contributed by atoms with Crippen molar-refractivity contribution in [3.63, 3.8) is 0 Å². The zero-order chi connectivity index (χ0) is 11.1. The molecule has 1 fully saturated rings. The predicted molar refractivity (Wildman–Crippen MR) is 51.2 cm³/mol. The second-order valence-electron chi connectivity index (χ2n) is 4.44. The number of carbonyl (C=O) groups is 1. The number of terminal acetylenes is 1. The fourth-order valence-electron chi connectivity index (χ4n) is 1.82. The first-order valence-corrected chi connectivity index (χ1v) is 4.49. The second-order valence-corrected chi connectivity index (χ2v) is 4.44. The molecule has 0 aliphatic carbocycles. The van der Waals surface area contributed by atoms with E-state index >= 15 is 0 Å². The van der Waals surface area contributed by atoms with E-state index in [2.05, 4.69) is 5.92 Å². The minimum Gasteiger partial charge on any atom is -0.310 e. The molecule has 0 bridgehead atoms. The van der Waals surface area contributed by atoms with Crippen LogP contribution >= 0.6 is 0 Å². The van der Waals surface area contributed by atoms with Gasteiger partial charge in [-0.2, -0.15) is 0 Å². The molecular weight excluding hydrogens is 180 g/mol. The molecule has 4 heteroatoms. The summed E-state index contributed by atoms with van der Waals surface area (Å²) in [7, 11) is 0. The smallest absolute Gasteiger partial charge is 0.247 e. The van der Waals surface area contributed by atoms with Gasteiger partial charge in [0.15, 0.2) is 0 Å². The fourth-order valence-corrected chi connectivity index (χ4v) is 1.82. The Morgan fingerprint density at radius 1 is 1.36 bits per heavy atom. The van der Waals surface area contributed by atoms with E-state index < -0.39 is 11.2 Å². The Kier molecular flexibility index (Phi) is 2.34. The Morgan fingerprint density at radius 3 is 2.14 bits per heavy atom. The highest BCUT2D eigenvalue weighted by molar-refractivity contribution is 5.88. The quantitative estimate of drug-likeness (QED) is 0.576. The van der Waals surface area contributed by atoms with Gasteiger partial charge in [-0.05, 0) is 27.7 Å². The molecule has 1 amide bonds. The lowest BCUT2D eigenvalue weighted by atomic mass is 10.1. The lowest BCUT2D eigenvalue weighted by Gasteiger charge is -2.32. The number of hydrogen-bond donors (Lipinski definition) is 0. The van der Waals surface area contributed by atoms with E-state index in [4.69, 9.17) is 6.42 Å². The van der Waals surface area contributed by atoms with Crippen LogP contribution in [0.15, 0.2) is 0 Å². The van der Waals surface area contributed by atoms with Gasteiger partial charge in [0, 0.05) is 0 Å². The monoisotopic (exact) mass is 195 g/mol. The van der Waals surface area contributed by atoms with E-state index in [0.717, 1.165) is 5.06 Å². The Balaban J connectivity index is 3.11. The maximum absolute atomic E-state index is 11.8. The molecule has 0 aromatic heterocycles. The molecular formula is C10H15N2O2. The fraction of sp³-hybridized carbons (Fsp3) is 0.700. The Morgan fingerprint density at radius 2 is 1.86 bits per heavy atom. The molecule has 1 radical (unpaired) electrons. The molecule has 77 valence electrons. The van der Waals surface area contributed by atoms with Crippen molar-refractivity contribution in [1.82, 2.24) is 9.96 Å². The van der Waals surface area contributed by atoms with Crippen molar-refractivity contribution >= 4 is 5.91 Å². The Bertz CT molecular complexity index is 302. The number of hydroxylamine groups is 2. The van der Waals surface area contributed by atoms with Crippen molar-refractivity contribution < 1.29 is 10.0 Å². The summed E-state index contributed by atoms with van der Waals surface area (Å²) in [6.07, 6.45) is 5.16. The Hall–Kier alpha value is -1.05. The number of nitrogens with zero attached hydrogens (tertiary/aromatic N) is 2. The molecule has 1 aliphatic heterocycles. The molecule has 0 unspecified atom stereocenters.